The number of benzene rings is 3. The number of ketones is 1. The first-order chi connectivity index (χ1) is 18.9. The second kappa shape index (κ2) is 11.0. The highest BCUT2D eigenvalue weighted by Gasteiger charge is 2.24. The van der Waals surface area contributed by atoms with Crippen LogP contribution in [0.3, 0.4) is 0 Å². The van der Waals surface area contributed by atoms with Gasteiger partial charge < -0.3 is 30.7 Å². The normalized spacial score (nSPS) is 11.1. The van der Waals surface area contributed by atoms with Crippen molar-refractivity contribution in [3.8, 4) is 17.2 Å². The molecule has 0 fully saturated rings. The monoisotopic (exact) mass is 587 g/mol. The van der Waals surface area contributed by atoms with Gasteiger partial charge in [-0.15, -0.1) is 10.2 Å². The summed E-state index contributed by atoms with van der Waals surface area (Å²) >= 11 is 6.38. The first-order valence-electron chi connectivity index (χ1n) is 10.9. The van der Waals surface area contributed by atoms with Gasteiger partial charge >= 0.3 is 5.97 Å². The predicted octanol–water partition coefficient (Wildman–Crippen LogP) is 3.61. The number of carbonyl (C=O) groups is 2. The van der Waals surface area contributed by atoms with Gasteiger partial charge in [-0.3, -0.25) is 9.35 Å². The number of aromatic hydroxyl groups is 2. The maximum absolute atomic E-state index is 13.0. The number of methoxy groups -OCH3 is 1. The Bertz CT molecular complexity index is 1750. The summed E-state index contributed by atoms with van der Waals surface area (Å²) in [6, 6.07) is 11.2. The van der Waals surface area contributed by atoms with Crippen molar-refractivity contribution >= 4 is 56.5 Å². The predicted molar refractivity (Wildman–Crippen MR) is 141 cm³/mol. The number of phenols is 2. The van der Waals surface area contributed by atoms with Gasteiger partial charge in [-0.1, -0.05) is 11.6 Å². The van der Waals surface area contributed by atoms with Crippen molar-refractivity contribution in [2.24, 2.45) is 0 Å². The smallest absolute Gasteiger partial charge is 0.339 e. The van der Waals surface area contributed by atoms with Crippen molar-refractivity contribution in [2.75, 3.05) is 17.7 Å². The second-order valence-corrected chi connectivity index (χ2v) is 9.76. The molecule has 1 heterocycles. The quantitative estimate of drug-likeness (QED) is 0.122. The molecule has 3 aromatic carbocycles. The van der Waals surface area contributed by atoms with E-state index < -0.39 is 38.3 Å². The number of hydrogen-bond donors (Lipinski definition) is 6. The van der Waals surface area contributed by atoms with Crippen LogP contribution in [0.4, 0.5) is 23.0 Å². The van der Waals surface area contributed by atoms with E-state index in [1.807, 2.05) is 0 Å². The topological polar surface area (TPSA) is 221 Å². The van der Waals surface area contributed by atoms with Gasteiger partial charge in [0.25, 0.3) is 10.1 Å². The highest BCUT2D eigenvalue weighted by Crippen LogP contribution is 2.34. The lowest BCUT2D eigenvalue weighted by Crippen LogP contribution is -2.07. The Morgan fingerprint density at radius 3 is 2.00 bits per heavy atom. The van der Waals surface area contributed by atoms with Crippen LogP contribution in [0.2, 0.25) is 5.02 Å². The second-order valence-electron chi connectivity index (χ2n) is 7.99. The minimum Gasteiger partial charge on any atom is -0.507 e. The zero-order valence-corrected chi connectivity index (χ0v) is 21.7. The summed E-state index contributed by atoms with van der Waals surface area (Å²) < 4.78 is 37.6. The van der Waals surface area contributed by atoms with Crippen LogP contribution < -0.4 is 15.4 Å². The molecule has 0 saturated heterocycles. The number of rotatable bonds is 9. The van der Waals surface area contributed by atoms with E-state index in [0.29, 0.717) is 5.69 Å². The number of phenolic OH excluding ortho intramolecular Hbond substituents is 1. The molecular formula is C24H18ClN5O9S. The van der Waals surface area contributed by atoms with Gasteiger partial charge in [-0.05, 0) is 47.7 Å². The number of nitrogens with one attached hydrogen (secondary N) is 2. The van der Waals surface area contributed by atoms with E-state index in [9.17, 15) is 32.8 Å². The minimum atomic E-state index is -4.75. The Labute approximate surface area is 230 Å². The molecule has 0 amide bonds. The van der Waals surface area contributed by atoms with E-state index in [2.05, 4.69) is 26.0 Å². The van der Waals surface area contributed by atoms with Gasteiger partial charge in [-0.25, -0.2) is 4.79 Å². The molecule has 206 valence electrons. The molecule has 0 spiro atoms. The third-order valence-corrected chi connectivity index (χ3v) is 6.64. The summed E-state index contributed by atoms with van der Waals surface area (Å²) in [4.78, 5) is 23.4. The summed E-state index contributed by atoms with van der Waals surface area (Å²) in [5.41, 5.74) is 0.0907. The van der Waals surface area contributed by atoms with E-state index >= 15 is 0 Å². The number of halogens is 1. The zero-order valence-electron chi connectivity index (χ0n) is 20.2. The molecule has 40 heavy (non-hydrogen) atoms. The molecule has 6 N–H and O–H groups in total. The molecule has 4 rings (SSSR count). The maximum Gasteiger partial charge on any atom is 0.339 e. The zero-order chi connectivity index (χ0) is 29.2. The standard InChI is InChI=1S/C24H18ClN5O9S/c1-39-18-10-17(32)15(9-19(18)40(36,37)38)21(33)11-2-4-12(5-3-11)26-22-20(25)23(29-30-28-22)27-13-6-7-14(24(34)35)16(31)8-13/h2-10,31-32H,1H3,(H,34,35)(H,36,37,38)(H2,26,27,28,29). The van der Waals surface area contributed by atoms with Gasteiger partial charge in [-0.2, -0.15) is 8.42 Å². The Hall–Kier alpha value is -4.99. The van der Waals surface area contributed by atoms with Crippen LogP contribution in [0.1, 0.15) is 26.3 Å². The number of carboxylic acid groups (broad SMARTS) is 1. The van der Waals surface area contributed by atoms with Crippen molar-refractivity contribution in [2.45, 2.75) is 4.90 Å². The Morgan fingerprint density at radius 1 is 0.875 bits per heavy atom. The molecule has 0 bridgehead atoms. The summed E-state index contributed by atoms with van der Waals surface area (Å²) in [7, 11) is -3.61. The summed E-state index contributed by atoms with van der Waals surface area (Å²) in [5.74, 6) is -3.29. The SMILES string of the molecule is COc1cc(O)c(C(=O)c2ccc(Nc3nnnc(Nc4ccc(C(=O)O)c(O)c4)c3Cl)cc2)cc1S(=O)(=O)O. The van der Waals surface area contributed by atoms with Crippen LogP contribution in [0.25, 0.3) is 0 Å². The number of anilines is 4. The van der Waals surface area contributed by atoms with Gasteiger partial charge in [0, 0.05) is 29.1 Å². The minimum absolute atomic E-state index is 0.00199. The molecule has 4 aromatic rings. The lowest BCUT2D eigenvalue weighted by atomic mass is 10.0. The molecule has 16 heteroatoms. The number of hydrogen-bond acceptors (Lipinski definition) is 12. The van der Waals surface area contributed by atoms with E-state index in [-0.39, 0.29) is 44.8 Å². The highest BCUT2D eigenvalue weighted by molar-refractivity contribution is 7.86. The average Bonchev–Trinajstić information content (AvgIpc) is 2.90. The van der Waals surface area contributed by atoms with Crippen molar-refractivity contribution in [1.82, 2.24) is 15.4 Å². The number of aromatic carboxylic acids is 1. The van der Waals surface area contributed by atoms with E-state index in [0.717, 1.165) is 19.2 Å². The fourth-order valence-electron chi connectivity index (χ4n) is 3.49. The van der Waals surface area contributed by atoms with Crippen LogP contribution in [0.15, 0.2) is 59.5 Å². The summed E-state index contributed by atoms with van der Waals surface area (Å²) in [6.07, 6.45) is 0. The summed E-state index contributed by atoms with van der Waals surface area (Å²) in [5, 5.41) is 46.1. The van der Waals surface area contributed by atoms with Gasteiger partial charge in [0.15, 0.2) is 17.4 Å². The Kier molecular flexibility index (Phi) is 7.72. The molecule has 14 nitrogen and oxygen atoms in total. The maximum atomic E-state index is 13.0. The third kappa shape index (κ3) is 5.85. The van der Waals surface area contributed by atoms with E-state index in [1.54, 1.807) is 0 Å². The molecule has 0 atom stereocenters. The number of nitrogens with zero attached hydrogens (tertiary/aromatic N) is 3. The fraction of sp³-hybridized carbons (Fsp3) is 0.0417. The van der Waals surface area contributed by atoms with Crippen LogP contribution in [0.5, 0.6) is 17.2 Å². The summed E-state index contributed by atoms with van der Waals surface area (Å²) in [6.45, 7) is 0. The molecule has 0 saturated carbocycles. The van der Waals surface area contributed by atoms with E-state index in [1.165, 1.54) is 42.5 Å². The molecular weight excluding hydrogens is 570 g/mol. The number of carbonyl (C=O) groups excluding carboxylic acids is 1. The Balaban J connectivity index is 1.55. The lowest BCUT2D eigenvalue weighted by molar-refractivity contribution is 0.0693. The molecule has 1 aromatic heterocycles. The van der Waals surface area contributed by atoms with Crippen LogP contribution in [-0.4, -0.2) is 62.6 Å². The van der Waals surface area contributed by atoms with Crippen LogP contribution in [-0.2, 0) is 10.1 Å². The first-order valence-corrected chi connectivity index (χ1v) is 12.7. The highest BCUT2D eigenvalue weighted by atomic mass is 35.5. The number of carboxylic acids is 1. The van der Waals surface area contributed by atoms with Gasteiger partial charge in [0.05, 0.1) is 12.7 Å². The molecule has 0 aliphatic carbocycles. The number of aromatic nitrogens is 3. The van der Waals surface area contributed by atoms with Gasteiger partial charge in [0.1, 0.15) is 32.7 Å². The molecule has 0 aliphatic heterocycles. The number of ether oxygens (including phenoxy) is 1. The molecule has 0 unspecified atom stereocenters. The molecule has 0 radical (unpaired) electrons. The third-order valence-electron chi connectivity index (χ3n) is 5.41. The Morgan fingerprint density at radius 2 is 1.45 bits per heavy atom. The van der Waals surface area contributed by atoms with Crippen molar-refractivity contribution < 1.29 is 42.6 Å². The first kappa shape index (κ1) is 28.0. The average molecular weight is 588 g/mol. The lowest BCUT2D eigenvalue weighted by Gasteiger charge is -2.12. The van der Waals surface area contributed by atoms with E-state index in [4.69, 9.17) is 21.4 Å². The van der Waals surface area contributed by atoms with Crippen molar-refractivity contribution in [1.29, 1.82) is 0 Å². The van der Waals surface area contributed by atoms with Gasteiger partial charge in [0.2, 0.25) is 0 Å². The van der Waals surface area contributed by atoms with Crippen molar-refractivity contribution in [3.63, 3.8) is 0 Å². The van der Waals surface area contributed by atoms with Crippen molar-refractivity contribution in [3.05, 3.63) is 76.3 Å². The largest absolute Gasteiger partial charge is 0.507 e. The van der Waals surface area contributed by atoms with Crippen LogP contribution >= 0.6 is 11.6 Å². The molecule has 0 aliphatic rings. The fourth-order valence-corrected chi connectivity index (χ4v) is 4.32. The van der Waals surface area contributed by atoms with Crippen LogP contribution in [0, 0.1) is 0 Å².